The van der Waals surface area contributed by atoms with Crippen molar-refractivity contribution in [1.29, 1.82) is 0 Å². The van der Waals surface area contributed by atoms with Crippen molar-refractivity contribution in [1.82, 2.24) is 9.80 Å². The van der Waals surface area contributed by atoms with Gasteiger partial charge in [0, 0.05) is 49.5 Å². The highest BCUT2D eigenvalue weighted by molar-refractivity contribution is 9.11. The van der Waals surface area contributed by atoms with Crippen molar-refractivity contribution >= 4 is 73.3 Å². The zero-order chi connectivity index (χ0) is 33.1. The molecule has 0 spiro atoms. The zero-order valence-electron chi connectivity index (χ0n) is 24.4. The lowest BCUT2D eigenvalue weighted by Gasteiger charge is -2.37. The summed E-state index contributed by atoms with van der Waals surface area (Å²) in [7, 11) is 0. The SMILES string of the molecule is O=C(O)CC=C=C=NC=C=C=NC(=O)[C@@H](Cc1cc(Br)c(O)c(Br)c1)OC(=O)N1CCC(N2CCc3ccccc3NC2=O)CC1. The average Bonchev–Trinajstić information content (AvgIpc) is 3.20. The smallest absolute Gasteiger partial charge is 0.410 e. The van der Waals surface area contributed by atoms with Crippen LogP contribution in [0.5, 0.6) is 5.75 Å². The molecule has 0 aliphatic carbocycles. The van der Waals surface area contributed by atoms with Crippen LogP contribution in [0, 0.1) is 0 Å². The monoisotopic (exact) mass is 753 g/mol. The van der Waals surface area contributed by atoms with E-state index in [1.807, 2.05) is 29.2 Å². The summed E-state index contributed by atoms with van der Waals surface area (Å²) in [5.41, 5.74) is 7.32. The highest BCUT2D eigenvalue weighted by Gasteiger charge is 2.33. The molecule has 4 amide bonds. The first-order valence-corrected chi connectivity index (χ1v) is 15.8. The van der Waals surface area contributed by atoms with Crippen molar-refractivity contribution < 1.29 is 34.1 Å². The number of carbonyl (C=O) groups excluding carboxylic acids is 3. The van der Waals surface area contributed by atoms with E-state index in [-0.39, 0.29) is 30.7 Å². The van der Waals surface area contributed by atoms with Gasteiger partial charge in [-0.15, -0.1) is 0 Å². The molecule has 3 N–H and O–H groups in total. The van der Waals surface area contributed by atoms with E-state index in [2.05, 4.69) is 70.4 Å². The molecule has 0 saturated carbocycles. The molecule has 238 valence electrons. The van der Waals surface area contributed by atoms with Crippen LogP contribution < -0.4 is 5.32 Å². The van der Waals surface area contributed by atoms with Gasteiger partial charge in [-0.2, -0.15) is 9.98 Å². The van der Waals surface area contributed by atoms with Crippen LogP contribution in [0.25, 0.3) is 0 Å². The number of benzene rings is 2. The van der Waals surface area contributed by atoms with Crippen molar-refractivity contribution in [3.8, 4) is 5.75 Å². The largest absolute Gasteiger partial charge is 0.506 e. The molecule has 46 heavy (non-hydrogen) atoms. The first-order valence-electron chi connectivity index (χ1n) is 14.2. The van der Waals surface area contributed by atoms with Gasteiger partial charge in [-0.25, -0.2) is 9.59 Å². The number of ether oxygens (including phenoxy) is 1. The molecule has 2 aromatic carbocycles. The second kappa shape index (κ2) is 16.6. The molecule has 0 radical (unpaired) electrons. The zero-order valence-corrected chi connectivity index (χ0v) is 27.6. The molecular formula is C32H29Br2N5O7. The van der Waals surface area contributed by atoms with Crippen molar-refractivity contribution in [2.75, 3.05) is 25.0 Å². The van der Waals surface area contributed by atoms with Crippen LogP contribution in [0.1, 0.15) is 30.4 Å². The summed E-state index contributed by atoms with van der Waals surface area (Å²) in [4.78, 5) is 60.4. The number of nitrogens with one attached hydrogen (secondary N) is 1. The Balaban J connectivity index is 1.42. The van der Waals surface area contributed by atoms with E-state index in [9.17, 15) is 24.3 Å². The van der Waals surface area contributed by atoms with Gasteiger partial charge in [0.25, 0.3) is 5.91 Å². The lowest BCUT2D eigenvalue weighted by Crippen LogP contribution is -2.50. The standard InChI is InChI=1S/C32H29Br2N5O7/c33-24-18-21(19-25(34)29(24)42)20-27(30(43)36-14-5-13-35-12-4-3-8-28(40)41)46-32(45)38-15-10-23(11-16-38)39-17-9-22-6-1-2-7-26(22)37-31(39)44/h1-3,6-7,13,18-19,23,27,42H,8-11,15-17,20H2,(H,37,44)(H,40,41)/t27-/m1/s1. The van der Waals surface area contributed by atoms with Crippen molar-refractivity contribution in [2.24, 2.45) is 9.98 Å². The number of aliphatic carboxylic acids is 1. The summed E-state index contributed by atoms with van der Waals surface area (Å²) in [5.74, 6) is 2.80. The third-order valence-electron chi connectivity index (χ3n) is 7.19. The number of para-hydroxylation sites is 1. The van der Waals surface area contributed by atoms with Crippen LogP contribution in [0.3, 0.4) is 0 Å². The molecule has 0 unspecified atom stereocenters. The van der Waals surface area contributed by atoms with Gasteiger partial charge in [-0.1, -0.05) is 23.9 Å². The molecule has 0 aromatic heterocycles. The molecular weight excluding hydrogens is 726 g/mol. The maximum atomic E-state index is 13.2. The van der Waals surface area contributed by atoms with Gasteiger partial charge >= 0.3 is 18.1 Å². The molecule has 2 aromatic rings. The Kier molecular flexibility index (Phi) is 12.3. The third-order valence-corrected chi connectivity index (χ3v) is 8.40. The number of urea groups is 1. The van der Waals surface area contributed by atoms with Gasteiger partial charge in [0.15, 0.2) is 6.10 Å². The van der Waals surface area contributed by atoms with E-state index in [1.165, 1.54) is 11.0 Å². The number of hydrogen-bond acceptors (Lipinski definition) is 7. The number of phenols is 1. The minimum absolute atomic E-state index is 0.0213. The fourth-order valence-corrected chi connectivity index (χ4v) is 6.18. The van der Waals surface area contributed by atoms with Gasteiger partial charge in [-0.3, -0.25) is 9.59 Å². The predicted octanol–water partition coefficient (Wildman–Crippen LogP) is 5.24. The Labute approximate surface area is 281 Å². The number of aromatic hydroxyl groups is 1. The highest BCUT2D eigenvalue weighted by Crippen LogP contribution is 2.34. The Morgan fingerprint density at radius 3 is 2.52 bits per heavy atom. The van der Waals surface area contributed by atoms with Gasteiger partial charge in [0.2, 0.25) is 0 Å². The van der Waals surface area contributed by atoms with Crippen molar-refractivity contribution in [3.05, 3.63) is 80.2 Å². The number of aliphatic imine (C=N–C) groups is 2. The first kappa shape index (κ1) is 34.2. The molecule has 14 heteroatoms. The number of carboxylic acids is 1. The number of rotatable bonds is 8. The predicted molar refractivity (Wildman–Crippen MR) is 176 cm³/mol. The van der Waals surface area contributed by atoms with Crippen LogP contribution in [0.15, 0.2) is 79.1 Å². The molecule has 1 saturated heterocycles. The molecule has 4 rings (SSSR count). The van der Waals surface area contributed by atoms with E-state index >= 15 is 0 Å². The van der Waals surface area contributed by atoms with Crippen molar-refractivity contribution in [3.63, 3.8) is 0 Å². The quantitative estimate of drug-likeness (QED) is 0.245. The van der Waals surface area contributed by atoms with Gasteiger partial charge in [0.1, 0.15) is 5.75 Å². The van der Waals surface area contributed by atoms with E-state index in [4.69, 9.17) is 9.84 Å². The minimum atomic E-state index is -1.32. The van der Waals surface area contributed by atoms with Crippen LogP contribution in [0.4, 0.5) is 15.3 Å². The molecule has 2 aliphatic rings. The molecule has 1 atom stereocenters. The summed E-state index contributed by atoms with van der Waals surface area (Å²) in [6.45, 7) is 1.22. The number of fused-ring (bicyclic) bond motifs is 1. The number of carbonyl (C=O) groups is 4. The Bertz CT molecular complexity index is 1690. The number of carboxylic acid groups (broad SMARTS) is 1. The summed E-state index contributed by atoms with van der Waals surface area (Å²) in [6.07, 6.45) is 1.85. The fraction of sp³-hybridized carbons (Fsp3) is 0.312. The lowest BCUT2D eigenvalue weighted by molar-refractivity contribution is -0.136. The summed E-state index contributed by atoms with van der Waals surface area (Å²) in [6, 6.07) is 10.7. The van der Waals surface area contributed by atoms with Gasteiger partial charge < -0.3 is 30.1 Å². The van der Waals surface area contributed by atoms with Crippen LogP contribution >= 0.6 is 31.9 Å². The van der Waals surface area contributed by atoms with Crippen molar-refractivity contribution in [2.45, 2.75) is 44.2 Å². The number of hydrogen-bond donors (Lipinski definition) is 3. The Hall–Kier alpha value is -4.66. The van der Waals surface area contributed by atoms with E-state index in [1.54, 1.807) is 12.1 Å². The summed E-state index contributed by atoms with van der Waals surface area (Å²) < 4.78 is 6.42. The second-order valence-corrected chi connectivity index (χ2v) is 12.0. The molecule has 2 aliphatic heterocycles. The second-order valence-electron chi connectivity index (χ2n) is 10.3. The lowest BCUT2D eigenvalue weighted by atomic mass is 10.0. The summed E-state index contributed by atoms with van der Waals surface area (Å²) >= 11 is 6.53. The number of piperidine rings is 1. The number of halogens is 2. The third kappa shape index (κ3) is 9.67. The normalized spacial score (nSPS) is 14.9. The number of nitrogens with zero attached hydrogens (tertiary/aromatic N) is 4. The maximum Gasteiger partial charge on any atom is 0.410 e. The van der Waals surface area contributed by atoms with Gasteiger partial charge in [0.05, 0.1) is 21.6 Å². The van der Waals surface area contributed by atoms with Crippen LogP contribution in [-0.2, 0) is 27.2 Å². The highest BCUT2D eigenvalue weighted by atomic mass is 79.9. The fourth-order valence-electron chi connectivity index (χ4n) is 4.90. The number of likely N-dealkylation sites (tertiary alicyclic amines) is 1. The molecule has 2 heterocycles. The Morgan fingerprint density at radius 2 is 1.80 bits per heavy atom. The molecule has 1 fully saturated rings. The van der Waals surface area contributed by atoms with Crippen LogP contribution in [-0.4, -0.2) is 87.5 Å². The Morgan fingerprint density at radius 1 is 1.09 bits per heavy atom. The first-order chi connectivity index (χ1) is 22.1. The van der Waals surface area contributed by atoms with E-state index in [0.29, 0.717) is 47.0 Å². The molecule has 0 bridgehead atoms. The molecule has 12 nitrogen and oxygen atoms in total. The number of phenolic OH excluding ortho intramolecular Hbond substituents is 1. The number of anilines is 1. The summed E-state index contributed by atoms with van der Waals surface area (Å²) in [5, 5.41) is 21.6. The number of amides is 4. The topological polar surface area (TPSA) is 161 Å². The maximum absolute atomic E-state index is 13.2. The average molecular weight is 755 g/mol. The van der Waals surface area contributed by atoms with E-state index in [0.717, 1.165) is 23.9 Å². The van der Waals surface area contributed by atoms with Gasteiger partial charge in [-0.05, 0) is 92.3 Å². The van der Waals surface area contributed by atoms with E-state index < -0.39 is 24.1 Å². The van der Waals surface area contributed by atoms with Crippen LogP contribution in [0.2, 0.25) is 0 Å². The minimum Gasteiger partial charge on any atom is -0.506 e.